The van der Waals surface area contributed by atoms with E-state index in [0.717, 1.165) is 11.1 Å². The van der Waals surface area contributed by atoms with Crippen LogP contribution in [0.25, 0.3) is 11.1 Å². The van der Waals surface area contributed by atoms with Crippen LogP contribution < -0.4 is 15.4 Å². The molecule has 0 aliphatic carbocycles. The molecule has 1 aliphatic rings. The van der Waals surface area contributed by atoms with Gasteiger partial charge in [0.05, 0.1) is 6.04 Å². The fourth-order valence-corrected chi connectivity index (χ4v) is 4.04. The Morgan fingerprint density at radius 3 is 2.08 bits per heavy atom. The molecule has 0 aromatic heterocycles. The van der Waals surface area contributed by atoms with Gasteiger partial charge < -0.3 is 24.8 Å². The van der Waals surface area contributed by atoms with E-state index in [0.29, 0.717) is 12.2 Å². The first-order valence-electron chi connectivity index (χ1n) is 12.8. The Kier molecular flexibility index (Phi) is 9.25. The number of benzene rings is 2. The van der Waals surface area contributed by atoms with Crippen molar-refractivity contribution in [2.45, 2.75) is 71.2 Å². The van der Waals surface area contributed by atoms with Crippen LogP contribution in [0.3, 0.4) is 0 Å². The highest BCUT2D eigenvalue weighted by molar-refractivity contribution is 5.82. The lowest BCUT2D eigenvalue weighted by Gasteiger charge is -2.28. The summed E-state index contributed by atoms with van der Waals surface area (Å²) in [6.45, 7) is 10.9. The van der Waals surface area contributed by atoms with Crippen LogP contribution in [0.4, 0.5) is 9.59 Å². The third-order valence-electron chi connectivity index (χ3n) is 5.60. The van der Waals surface area contributed by atoms with Crippen molar-refractivity contribution in [2.24, 2.45) is 0 Å². The smallest absolute Gasteiger partial charge is 0.410 e. The van der Waals surface area contributed by atoms with Crippen LogP contribution in [-0.4, -0.2) is 66.0 Å². The molecule has 2 aromatic rings. The Morgan fingerprint density at radius 1 is 0.868 bits per heavy atom. The van der Waals surface area contributed by atoms with Gasteiger partial charge in [-0.25, -0.2) is 9.59 Å². The summed E-state index contributed by atoms with van der Waals surface area (Å²) in [6, 6.07) is 17.2. The van der Waals surface area contributed by atoms with Gasteiger partial charge in [-0.15, -0.1) is 0 Å². The predicted octanol–water partition coefficient (Wildman–Crippen LogP) is 4.75. The normalized spacial score (nSPS) is 17.5. The Hall–Kier alpha value is -3.75. The van der Waals surface area contributed by atoms with E-state index in [1.54, 1.807) is 25.7 Å². The van der Waals surface area contributed by atoms with Crippen molar-refractivity contribution < 1.29 is 28.6 Å². The summed E-state index contributed by atoms with van der Waals surface area (Å²) in [5.74, 6) is 0.311. The molecule has 1 saturated heterocycles. The Labute approximate surface area is 224 Å². The van der Waals surface area contributed by atoms with Gasteiger partial charge >= 0.3 is 12.2 Å². The quantitative estimate of drug-likeness (QED) is 0.540. The minimum absolute atomic E-state index is 0.229. The van der Waals surface area contributed by atoms with Gasteiger partial charge in [-0.3, -0.25) is 9.69 Å². The topological polar surface area (TPSA) is 106 Å². The maximum absolute atomic E-state index is 12.9. The first kappa shape index (κ1) is 28.8. The molecule has 0 radical (unpaired) electrons. The van der Waals surface area contributed by atoms with Crippen molar-refractivity contribution in [3.05, 3.63) is 54.6 Å². The van der Waals surface area contributed by atoms with Gasteiger partial charge in [0.2, 0.25) is 5.91 Å². The summed E-state index contributed by atoms with van der Waals surface area (Å²) in [5, 5.41) is 5.33. The fraction of sp³-hybridized carbons (Fsp3) is 0.483. The molecule has 2 aromatic carbocycles. The number of rotatable bonds is 7. The molecule has 9 nitrogen and oxygen atoms in total. The van der Waals surface area contributed by atoms with Crippen molar-refractivity contribution in [1.82, 2.24) is 15.5 Å². The van der Waals surface area contributed by atoms with E-state index in [9.17, 15) is 14.4 Å². The number of alkyl carbamates (subject to hydrolysis) is 1. The van der Waals surface area contributed by atoms with Crippen molar-refractivity contribution in [1.29, 1.82) is 0 Å². The lowest BCUT2D eigenvalue weighted by molar-refractivity contribution is -0.120. The molecule has 0 saturated carbocycles. The molecular weight excluding hydrogens is 486 g/mol. The molecule has 2 atom stereocenters. The van der Waals surface area contributed by atoms with Crippen LogP contribution in [0.15, 0.2) is 54.6 Å². The standard InChI is InChI=1S/C29H39N3O6/c1-28(2,3)37-26(34)30-17-25(33)31-22-16-23(32(18-22)27(35)38-29(4,5)6)19-36-24-14-12-21(13-15-24)20-10-8-7-9-11-20/h7-15,22-23H,16-19H2,1-6H3,(H,30,34)(H,31,33)/t22-,23+/m0/s1. The molecule has 3 amide bonds. The monoisotopic (exact) mass is 525 g/mol. The molecule has 0 spiro atoms. The molecule has 0 unspecified atom stereocenters. The fourth-order valence-electron chi connectivity index (χ4n) is 4.04. The number of nitrogens with zero attached hydrogens (tertiary/aromatic N) is 1. The van der Waals surface area contributed by atoms with Crippen molar-refractivity contribution in [2.75, 3.05) is 19.7 Å². The number of hydrogen-bond donors (Lipinski definition) is 2. The van der Waals surface area contributed by atoms with E-state index >= 15 is 0 Å². The van der Waals surface area contributed by atoms with Gasteiger partial charge in [-0.05, 0) is 71.2 Å². The summed E-state index contributed by atoms with van der Waals surface area (Å²) >= 11 is 0. The minimum Gasteiger partial charge on any atom is -0.491 e. The predicted molar refractivity (Wildman–Crippen MR) is 145 cm³/mol. The molecular formula is C29H39N3O6. The summed E-state index contributed by atoms with van der Waals surface area (Å²) in [6.07, 6.45) is -0.646. The zero-order valence-corrected chi connectivity index (χ0v) is 23.1. The van der Waals surface area contributed by atoms with Crippen LogP contribution in [-0.2, 0) is 14.3 Å². The Bertz CT molecular complexity index is 1090. The van der Waals surface area contributed by atoms with E-state index in [-0.39, 0.29) is 37.7 Å². The molecule has 1 fully saturated rings. The first-order valence-corrected chi connectivity index (χ1v) is 12.8. The van der Waals surface area contributed by atoms with Crippen LogP contribution >= 0.6 is 0 Å². The number of hydrogen-bond acceptors (Lipinski definition) is 6. The zero-order valence-electron chi connectivity index (χ0n) is 23.1. The summed E-state index contributed by atoms with van der Waals surface area (Å²) in [4.78, 5) is 38.8. The molecule has 9 heteroatoms. The highest BCUT2D eigenvalue weighted by Gasteiger charge is 2.38. The molecule has 1 aliphatic heterocycles. The third-order valence-corrected chi connectivity index (χ3v) is 5.60. The Morgan fingerprint density at radius 2 is 1.47 bits per heavy atom. The SMILES string of the molecule is CC(C)(C)OC(=O)NCC(=O)N[C@H]1C[C@H](COc2ccc(-c3ccccc3)cc2)N(C(=O)OC(C)(C)C)C1. The maximum atomic E-state index is 12.9. The van der Waals surface area contributed by atoms with Gasteiger partial charge in [0.25, 0.3) is 0 Å². The van der Waals surface area contributed by atoms with E-state index in [1.807, 2.05) is 75.4 Å². The van der Waals surface area contributed by atoms with Gasteiger partial charge in [-0.2, -0.15) is 0 Å². The van der Waals surface area contributed by atoms with Crippen molar-refractivity contribution in [3.63, 3.8) is 0 Å². The number of nitrogens with one attached hydrogen (secondary N) is 2. The van der Waals surface area contributed by atoms with Gasteiger partial charge in [-0.1, -0.05) is 42.5 Å². The first-order chi connectivity index (χ1) is 17.8. The van der Waals surface area contributed by atoms with E-state index in [1.165, 1.54) is 0 Å². The molecule has 3 rings (SSSR count). The summed E-state index contributed by atoms with van der Waals surface area (Å²) in [7, 11) is 0. The second kappa shape index (κ2) is 12.2. The molecule has 2 N–H and O–H groups in total. The van der Waals surface area contributed by atoms with Gasteiger partial charge in [0.1, 0.15) is 30.1 Å². The number of carbonyl (C=O) groups excluding carboxylic acids is 3. The van der Waals surface area contributed by atoms with E-state index in [2.05, 4.69) is 10.6 Å². The third kappa shape index (κ3) is 9.28. The highest BCUT2D eigenvalue weighted by Crippen LogP contribution is 2.25. The molecule has 1 heterocycles. The van der Waals surface area contributed by atoms with E-state index in [4.69, 9.17) is 14.2 Å². The van der Waals surface area contributed by atoms with E-state index < -0.39 is 23.4 Å². The lowest BCUT2D eigenvalue weighted by atomic mass is 10.1. The number of ether oxygens (including phenoxy) is 3. The average Bonchev–Trinajstić information content (AvgIpc) is 3.23. The van der Waals surface area contributed by atoms with Crippen LogP contribution in [0.5, 0.6) is 5.75 Å². The average molecular weight is 526 g/mol. The van der Waals surface area contributed by atoms with Crippen molar-refractivity contribution >= 4 is 18.1 Å². The van der Waals surface area contributed by atoms with Crippen molar-refractivity contribution in [3.8, 4) is 16.9 Å². The van der Waals surface area contributed by atoms with Crippen LogP contribution in [0.1, 0.15) is 48.0 Å². The number of carbonyl (C=O) groups is 3. The largest absolute Gasteiger partial charge is 0.491 e. The van der Waals surface area contributed by atoms with Crippen LogP contribution in [0, 0.1) is 0 Å². The minimum atomic E-state index is -0.668. The lowest BCUT2D eigenvalue weighted by Crippen LogP contribution is -2.45. The molecule has 206 valence electrons. The molecule has 0 bridgehead atoms. The van der Waals surface area contributed by atoms with Crippen LogP contribution in [0.2, 0.25) is 0 Å². The number of likely N-dealkylation sites (tertiary alicyclic amines) is 1. The summed E-state index contributed by atoms with van der Waals surface area (Å²) < 4.78 is 16.8. The van der Waals surface area contributed by atoms with Gasteiger partial charge in [0, 0.05) is 12.6 Å². The summed E-state index contributed by atoms with van der Waals surface area (Å²) in [5.41, 5.74) is 0.881. The maximum Gasteiger partial charge on any atom is 0.410 e. The zero-order chi connectivity index (χ0) is 27.9. The number of amides is 3. The molecule has 38 heavy (non-hydrogen) atoms. The Balaban J connectivity index is 1.59. The highest BCUT2D eigenvalue weighted by atomic mass is 16.6. The van der Waals surface area contributed by atoms with Gasteiger partial charge in [0.15, 0.2) is 0 Å². The second-order valence-electron chi connectivity index (χ2n) is 11.3. The second-order valence-corrected chi connectivity index (χ2v) is 11.3.